The highest BCUT2D eigenvalue weighted by Crippen LogP contribution is 2.07. The van der Waals surface area contributed by atoms with Crippen LogP contribution >= 0.6 is 24.0 Å². The van der Waals surface area contributed by atoms with Gasteiger partial charge >= 0.3 is 0 Å². The second-order valence-corrected chi connectivity index (χ2v) is 5.75. The number of nitrogens with one attached hydrogen (secondary N) is 2. The number of rotatable bonds is 6. The van der Waals surface area contributed by atoms with Gasteiger partial charge in [0, 0.05) is 39.2 Å². The first-order chi connectivity index (χ1) is 12.2. The molecule has 0 saturated heterocycles. The molecule has 138 valence electrons. The quantitative estimate of drug-likeness (QED) is 0.333. The standard InChI is InChI=1S/C18H23N7.HI/c1-19-18(21-13-17-7-9-22-24(17)2)20-12-15-5-3-6-16(11-15)14-25-10-4-8-23-25;/h3-11H,12-14H2,1-2H3,(H2,19,20,21);1H. The van der Waals surface area contributed by atoms with Crippen molar-refractivity contribution >= 4 is 29.9 Å². The highest BCUT2D eigenvalue weighted by molar-refractivity contribution is 14.0. The van der Waals surface area contributed by atoms with Gasteiger partial charge in [-0.25, -0.2) is 0 Å². The Labute approximate surface area is 170 Å². The van der Waals surface area contributed by atoms with E-state index in [-0.39, 0.29) is 24.0 Å². The molecular weight excluding hydrogens is 441 g/mol. The number of halogens is 1. The minimum Gasteiger partial charge on any atom is -0.352 e. The molecule has 0 bridgehead atoms. The number of aliphatic imine (C=N–C) groups is 1. The Bertz CT molecular complexity index is 824. The molecule has 0 aliphatic heterocycles. The van der Waals surface area contributed by atoms with E-state index in [1.165, 1.54) is 11.1 Å². The van der Waals surface area contributed by atoms with E-state index >= 15 is 0 Å². The monoisotopic (exact) mass is 465 g/mol. The fourth-order valence-electron chi connectivity index (χ4n) is 2.57. The maximum absolute atomic E-state index is 4.27. The Morgan fingerprint density at radius 1 is 1.04 bits per heavy atom. The summed E-state index contributed by atoms with van der Waals surface area (Å²) >= 11 is 0. The van der Waals surface area contributed by atoms with Crippen molar-refractivity contribution in [3.8, 4) is 0 Å². The minimum absolute atomic E-state index is 0. The molecule has 1 aromatic carbocycles. The average Bonchev–Trinajstić information content (AvgIpc) is 3.27. The molecular formula is C18H24IN7. The van der Waals surface area contributed by atoms with Crippen molar-refractivity contribution < 1.29 is 0 Å². The van der Waals surface area contributed by atoms with Crippen molar-refractivity contribution in [1.29, 1.82) is 0 Å². The summed E-state index contributed by atoms with van der Waals surface area (Å²) in [7, 11) is 3.70. The smallest absolute Gasteiger partial charge is 0.191 e. The van der Waals surface area contributed by atoms with Crippen LogP contribution in [0.2, 0.25) is 0 Å². The molecule has 0 aliphatic carbocycles. The lowest BCUT2D eigenvalue weighted by Crippen LogP contribution is -2.36. The summed E-state index contributed by atoms with van der Waals surface area (Å²) in [5.74, 6) is 0.763. The van der Waals surface area contributed by atoms with E-state index in [0.29, 0.717) is 13.1 Å². The van der Waals surface area contributed by atoms with E-state index in [9.17, 15) is 0 Å². The van der Waals surface area contributed by atoms with Crippen LogP contribution in [-0.2, 0) is 26.7 Å². The SMILES string of the molecule is CN=C(NCc1cccc(Cn2cccn2)c1)NCc1ccnn1C.I. The van der Waals surface area contributed by atoms with Crippen LogP contribution in [0.5, 0.6) is 0 Å². The van der Waals surface area contributed by atoms with Gasteiger partial charge in [-0.2, -0.15) is 10.2 Å². The van der Waals surface area contributed by atoms with E-state index < -0.39 is 0 Å². The zero-order valence-electron chi connectivity index (χ0n) is 15.0. The van der Waals surface area contributed by atoms with Gasteiger partial charge < -0.3 is 10.6 Å². The molecule has 3 rings (SSSR count). The number of guanidine groups is 1. The minimum atomic E-state index is 0. The number of aryl methyl sites for hydroxylation is 1. The molecule has 2 aromatic heterocycles. The van der Waals surface area contributed by atoms with Gasteiger partial charge in [0.1, 0.15) is 0 Å². The first-order valence-corrected chi connectivity index (χ1v) is 8.21. The Hall–Kier alpha value is -2.36. The summed E-state index contributed by atoms with van der Waals surface area (Å²) in [4.78, 5) is 4.27. The molecule has 26 heavy (non-hydrogen) atoms. The highest BCUT2D eigenvalue weighted by atomic mass is 127. The summed E-state index contributed by atoms with van der Waals surface area (Å²) in [6.07, 6.45) is 5.55. The van der Waals surface area contributed by atoms with E-state index in [0.717, 1.165) is 18.2 Å². The van der Waals surface area contributed by atoms with E-state index in [2.05, 4.69) is 50.1 Å². The van der Waals surface area contributed by atoms with Crippen LogP contribution in [0, 0.1) is 0 Å². The first kappa shape index (κ1) is 20.0. The maximum Gasteiger partial charge on any atom is 0.191 e. The second kappa shape index (κ2) is 9.95. The average molecular weight is 465 g/mol. The van der Waals surface area contributed by atoms with Gasteiger partial charge in [0.2, 0.25) is 0 Å². The summed E-state index contributed by atoms with van der Waals surface area (Å²) in [6.45, 7) is 2.15. The van der Waals surface area contributed by atoms with E-state index in [4.69, 9.17) is 0 Å². The molecule has 0 saturated carbocycles. The third kappa shape index (κ3) is 5.58. The normalized spacial score (nSPS) is 11.1. The Kier molecular flexibility index (Phi) is 7.64. The van der Waals surface area contributed by atoms with Crippen LogP contribution in [-0.4, -0.2) is 32.6 Å². The zero-order valence-corrected chi connectivity index (χ0v) is 17.3. The lowest BCUT2D eigenvalue weighted by Gasteiger charge is -2.12. The summed E-state index contributed by atoms with van der Waals surface area (Å²) < 4.78 is 3.76. The molecule has 2 N–H and O–H groups in total. The molecule has 3 aromatic rings. The van der Waals surface area contributed by atoms with Gasteiger partial charge in [0.15, 0.2) is 5.96 Å². The summed E-state index contributed by atoms with van der Waals surface area (Å²) in [6, 6.07) is 12.4. The Morgan fingerprint density at radius 2 is 1.85 bits per heavy atom. The predicted molar refractivity (Wildman–Crippen MR) is 113 cm³/mol. The number of hydrogen-bond acceptors (Lipinski definition) is 3. The molecule has 8 heteroatoms. The fourth-order valence-corrected chi connectivity index (χ4v) is 2.57. The van der Waals surface area contributed by atoms with Crippen molar-refractivity contribution in [2.24, 2.45) is 12.0 Å². The lowest BCUT2D eigenvalue weighted by atomic mass is 10.1. The molecule has 0 amide bonds. The van der Waals surface area contributed by atoms with Crippen molar-refractivity contribution in [2.75, 3.05) is 7.05 Å². The van der Waals surface area contributed by atoms with Crippen LogP contribution in [0.1, 0.15) is 16.8 Å². The predicted octanol–water partition coefficient (Wildman–Crippen LogP) is 2.15. The zero-order chi connectivity index (χ0) is 17.5. The fraction of sp³-hybridized carbons (Fsp3) is 0.278. The van der Waals surface area contributed by atoms with Crippen molar-refractivity contribution in [3.63, 3.8) is 0 Å². The van der Waals surface area contributed by atoms with E-state index in [1.807, 2.05) is 34.7 Å². The maximum atomic E-state index is 4.27. The number of benzene rings is 1. The number of nitrogens with zero attached hydrogens (tertiary/aromatic N) is 5. The van der Waals surface area contributed by atoms with Crippen molar-refractivity contribution in [2.45, 2.75) is 19.6 Å². The highest BCUT2D eigenvalue weighted by Gasteiger charge is 2.03. The third-order valence-corrected chi connectivity index (χ3v) is 3.94. The third-order valence-electron chi connectivity index (χ3n) is 3.94. The van der Waals surface area contributed by atoms with Crippen molar-refractivity contribution in [3.05, 3.63) is 71.8 Å². The van der Waals surface area contributed by atoms with Crippen LogP contribution in [0.4, 0.5) is 0 Å². The number of aromatic nitrogens is 4. The Morgan fingerprint density at radius 3 is 2.54 bits per heavy atom. The molecule has 0 spiro atoms. The topological polar surface area (TPSA) is 72.1 Å². The molecule has 0 radical (unpaired) electrons. The van der Waals surface area contributed by atoms with Crippen LogP contribution < -0.4 is 10.6 Å². The number of hydrogen-bond donors (Lipinski definition) is 2. The Balaban J connectivity index is 0.00000243. The molecule has 0 unspecified atom stereocenters. The largest absolute Gasteiger partial charge is 0.352 e. The molecule has 0 atom stereocenters. The van der Waals surface area contributed by atoms with Gasteiger partial charge in [-0.1, -0.05) is 24.3 Å². The van der Waals surface area contributed by atoms with E-state index in [1.54, 1.807) is 19.4 Å². The van der Waals surface area contributed by atoms with Gasteiger partial charge in [-0.3, -0.25) is 14.4 Å². The molecule has 0 aliphatic rings. The van der Waals surface area contributed by atoms with Crippen LogP contribution in [0.3, 0.4) is 0 Å². The summed E-state index contributed by atoms with van der Waals surface area (Å²) in [5, 5.41) is 15.1. The summed E-state index contributed by atoms with van der Waals surface area (Å²) in [5.41, 5.74) is 3.53. The van der Waals surface area contributed by atoms with Gasteiger partial charge in [-0.05, 0) is 23.3 Å². The van der Waals surface area contributed by atoms with Crippen LogP contribution in [0.15, 0.2) is 60.0 Å². The van der Waals surface area contributed by atoms with Gasteiger partial charge in [0.25, 0.3) is 0 Å². The lowest BCUT2D eigenvalue weighted by molar-refractivity contribution is 0.682. The van der Waals surface area contributed by atoms with Gasteiger partial charge in [-0.15, -0.1) is 24.0 Å². The molecule has 0 fully saturated rings. The van der Waals surface area contributed by atoms with Crippen molar-refractivity contribution in [1.82, 2.24) is 30.2 Å². The first-order valence-electron chi connectivity index (χ1n) is 8.21. The second-order valence-electron chi connectivity index (χ2n) is 5.75. The molecule has 7 nitrogen and oxygen atoms in total. The van der Waals surface area contributed by atoms with Crippen LogP contribution in [0.25, 0.3) is 0 Å². The molecule has 2 heterocycles. The van der Waals surface area contributed by atoms with Gasteiger partial charge in [0.05, 0.1) is 18.8 Å².